The summed E-state index contributed by atoms with van der Waals surface area (Å²) < 4.78 is 25.7. The van der Waals surface area contributed by atoms with Crippen LogP contribution in [0.3, 0.4) is 0 Å². The molecule has 5 nitrogen and oxygen atoms in total. The summed E-state index contributed by atoms with van der Waals surface area (Å²) >= 11 is 0. The normalized spacial score (nSPS) is 11.8. The molecular weight excluding hydrogens is 228 g/mol. The Balaban J connectivity index is 2.47. The first kappa shape index (κ1) is 12.7. The SMILES string of the molecule is CC=NOCCNS(=O)(=O)c1ccccc1. The highest BCUT2D eigenvalue weighted by molar-refractivity contribution is 7.89. The first-order valence-corrected chi connectivity index (χ1v) is 6.30. The number of benzene rings is 1. The van der Waals surface area contributed by atoms with Gasteiger partial charge in [0, 0.05) is 12.8 Å². The summed E-state index contributed by atoms with van der Waals surface area (Å²) in [6, 6.07) is 8.18. The van der Waals surface area contributed by atoms with Gasteiger partial charge < -0.3 is 4.84 Å². The van der Waals surface area contributed by atoms with Crippen LogP contribution >= 0.6 is 0 Å². The van der Waals surface area contributed by atoms with Crippen LogP contribution in [0.15, 0.2) is 40.4 Å². The average molecular weight is 242 g/mol. The van der Waals surface area contributed by atoms with Crippen LogP contribution in [0.5, 0.6) is 0 Å². The highest BCUT2D eigenvalue weighted by Gasteiger charge is 2.11. The van der Waals surface area contributed by atoms with Crippen molar-refractivity contribution >= 4 is 16.2 Å². The molecule has 0 aliphatic heterocycles. The van der Waals surface area contributed by atoms with Gasteiger partial charge in [-0.25, -0.2) is 13.1 Å². The molecule has 0 amide bonds. The first-order valence-electron chi connectivity index (χ1n) is 4.81. The molecule has 16 heavy (non-hydrogen) atoms. The van der Waals surface area contributed by atoms with E-state index in [0.717, 1.165) is 0 Å². The lowest BCUT2D eigenvalue weighted by Gasteiger charge is -2.05. The molecule has 0 radical (unpaired) electrons. The van der Waals surface area contributed by atoms with Crippen molar-refractivity contribution in [2.75, 3.05) is 13.2 Å². The third-order valence-electron chi connectivity index (χ3n) is 1.72. The zero-order valence-electron chi connectivity index (χ0n) is 8.96. The van der Waals surface area contributed by atoms with E-state index in [1.165, 1.54) is 18.3 Å². The summed E-state index contributed by atoms with van der Waals surface area (Å²) in [5.41, 5.74) is 0. The van der Waals surface area contributed by atoms with Crippen LogP contribution in [-0.4, -0.2) is 27.8 Å². The lowest BCUT2D eigenvalue weighted by Crippen LogP contribution is -2.27. The molecule has 0 aliphatic rings. The molecule has 0 aromatic heterocycles. The van der Waals surface area contributed by atoms with Gasteiger partial charge in [-0.05, 0) is 19.1 Å². The van der Waals surface area contributed by atoms with E-state index in [0.29, 0.717) is 0 Å². The molecular formula is C10H14N2O3S. The second kappa shape index (κ2) is 6.24. The van der Waals surface area contributed by atoms with E-state index in [-0.39, 0.29) is 18.0 Å². The number of hydrogen-bond donors (Lipinski definition) is 1. The van der Waals surface area contributed by atoms with E-state index >= 15 is 0 Å². The lowest BCUT2D eigenvalue weighted by atomic mass is 10.4. The van der Waals surface area contributed by atoms with Crippen LogP contribution < -0.4 is 4.72 Å². The van der Waals surface area contributed by atoms with Gasteiger partial charge in [-0.3, -0.25) is 0 Å². The van der Waals surface area contributed by atoms with Gasteiger partial charge >= 0.3 is 0 Å². The summed E-state index contributed by atoms with van der Waals surface area (Å²) in [5, 5.41) is 3.50. The van der Waals surface area contributed by atoms with Gasteiger partial charge in [-0.15, -0.1) is 0 Å². The number of nitrogens with zero attached hydrogens (tertiary/aromatic N) is 1. The maximum atomic E-state index is 11.7. The van der Waals surface area contributed by atoms with Gasteiger partial charge in [-0.1, -0.05) is 23.4 Å². The standard InChI is InChI=1S/C10H14N2O3S/c1-2-11-15-9-8-12-16(13,14)10-6-4-3-5-7-10/h2-7,12H,8-9H2,1H3. The van der Waals surface area contributed by atoms with Crippen molar-refractivity contribution < 1.29 is 13.3 Å². The summed E-state index contributed by atoms with van der Waals surface area (Å²) in [6.07, 6.45) is 1.49. The van der Waals surface area contributed by atoms with Crippen LogP contribution in [0.25, 0.3) is 0 Å². The van der Waals surface area contributed by atoms with Crippen molar-refractivity contribution in [2.45, 2.75) is 11.8 Å². The van der Waals surface area contributed by atoms with Gasteiger partial charge in [0.15, 0.2) is 0 Å². The van der Waals surface area contributed by atoms with E-state index in [2.05, 4.69) is 9.88 Å². The number of oxime groups is 1. The summed E-state index contributed by atoms with van der Waals surface area (Å²) in [7, 11) is -3.43. The molecule has 0 bridgehead atoms. The third kappa shape index (κ3) is 4.00. The third-order valence-corrected chi connectivity index (χ3v) is 3.20. The second-order valence-electron chi connectivity index (χ2n) is 2.91. The first-order chi connectivity index (χ1) is 7.67. The highest BCUT2D eigenvalue weighted by atomic mass is 32.2. The Morgan fingerprint density at radius 2 is 2.06 bits per heavy atom. The predicted molar refractivity (Wildman–Crippen MR) is 61.7 cm³/mol. The Labute approximate surface area is 95.2 Å². The van der Waals surface area contributed by atoms with Crippen molar-refractivity contribution in [3.05, 3.63) is 30.3 Å². The van der Waals surface area contributed by atoms with Crippen molar-refractivity contribution in [3.63, 3.8) is 0 Å². The summed E-state index contributed by atoms with van der Waals surface area (Å²) in [4.78, 5) is 5.00. The number of sulfonamides is 1. The quantitative estimate of drug-likeness (QED) is 0.459. The molecule has 0 saturated heterocycles. The van der Waals surface area contributed by atoms with Crippen molar-refractivity contribution in [1.29, 1.82) is 0 Å². The molecule has 0 spiro atoms. The Kier molecular flexibility index (Phi) is 4.94. The zero-order chi connectivity index (χ0) is 11.9. The molecule has 6 heteroatoms. The molecule has 0 aliphatic carbocycles. The van der Waals surface area contributed by atoms with Crippen LogP contribution in [0, 0.1) is 0 Å². The minimum absolute atomic E-state index is 0.189. The molecule has 0 saturated carbocycles. The van der Waals surface area contributed by atoms with E-state index in [4.69, 9.17) is 4.84 Å². The monoisotopic (exact) mass is 242 g/mol. The molecule has 0 fully saturated rings. The largest absolute Gasteiger partial charge is 0.395 e. The van der Waals surface area contributed by atoms with E-state index in [9.17, 15) is 8.42 Å². The fourth-order valence-electron chi connectivity index (χ4n) is 1.03. The molecule has 0 atom stereocenters. The molecule has 1 aromatic carbocycles. The minimum atomic E-state index is -3.43. The second-order valence-corrected chi connectivity index (χ2v) is 4.67. The van der Waals surface area contributed by atoms with E-state index in [1.54, 1.807) is 25.1 Å². The average Bonchev–Trinajstić information content (AvgIpc) is 2.30. The van der Waals surface area contributed by atoms with Gasteiger partial charge in [0.1, 0.15) is 6.61 Å². The van der Waals surface area contributed by atoms with Crippen molar-refractivity contribution in [2.24, 2.45) is 5.16 Å². The van der Waals surface area contributed by atoms with Crippen LogP contribution in [-0.2, 0) is 14.9 Å². The molecule has 0 heterocycles. The maximum absolute atomic E-state index is 11.7. The molecule has 1 rings (SSSR count). The van der Waals surface area contributed by atoms with E-state index in [1.807, 2.05) is 0 Å². The number of hydrogen-bond acceptors (Lipinski definition) is 4. The summed E-state index contributed by atoms with van der Waals surface area (Å²) in [6.45, 7) is 2.11. The van der Waals surface area contributed by atoms with Gasteiger partial charge in [0.05, 0.1) is 4.90 Å². The Morgan fingerprint density at radius 3 is 2.69 bits per heavy atom. The van der Waals surface area contributed by atoms with Gasteiger partial charge in [0.2, 0.25) is 10.0 Å². The van der Waals surface area contributed by atoms with Crippen LogP contribution in [0.4, 0.5) is 0 Å². The Bertz CT molecular complexity index is 429. The van der Waals surface area contributed by atoms with Crippen LogP contribution in [0.1, 0.15) is 6.92 Å². The smallest absolute Gasteiger partial charge is 0.240 e. The highest BCUT2D eigenvalue weighted by Crippen LogP contribution is 2.06. The minimum Gasteiger partial charge on any atom is -0.395 e. The molecule has 0 unspecified atom stereocenters. The van der Waals surface area contributed by atoms with Crippen molar-refractivity contribution in [1.82, 2.24) is 4.72 Å². The Hall–Kier alpha value is -1.40. The fraction of sp³-hybridized carbons (Fsp3) is 0.300. The van der Waals surface area contributed by atoms with Crippen LogP contribution in [0.2, 0.25) is 0 Å². The number of rotatable bonds is 6. The maximum Gasteiger partial charge on any atom is 0.240 e. The lowest BCUT2D eigenvalue weighted by molar-refractivity contribution is 0.151. The molecule has 88 valence electrons. The van der Waals surface area contributed by atoms with Gasteiger partial charge in [0.25, 0.3) is 0 Å². The molecule has 1 N–H and O–H groups in total. The van der Waals surface area contributed by atoms with Gasteiger partial charge in [-0.2, -0.15) is 0 Å². The fourth-order valence-corrected chi connectivity index (χ4v) is 2.07. The summed E-state index contributed by atoms with van der Waals surface area (Å²) in [5.74, 6) is 0. The zero-order valence-corrected chi connectivity index (χ0v) is 9.78. The Morgan fingerprint density at radius 1 is 1.38 bits per heavy atom. The van der Waals surface area contributed by atoms with E-state index < -0.39 is 10.0 Å². The van der Waals surface area contributed by atoms with Crippen molar-refractivity contribution in [3.8, 4) is 0 Å². The number of nitrogens with one attached hydrogen (secondary N) is 1. The molecule has 1 aromatic rings. The predicted octanol–water partition coefficient (Wildman–Crippen LogP) is 0.987. The topological polar surface area (TPSA) is 67.8 Å².